The lowest BCUT2D eigenvalue weighted by Gasteiger charge is -2.35. The first-order valence-corrected chi connectivity index (χ1v) is 10.7. The highest BCUT2D eigenvalue weighted by Crippen LogP contribution is 2.35. The molecule has 0 radical (unpaired) electrons. The molecule has 174 valence electrons. The molecule has 1 aromatic heterocycles. The van der Waals surface area contributed by atoms with E-state index in [1.807, 2.05) is 6.07 Å². The van der Waals surface area contributed by atoms with Crippen LogP contribution in [0.1, 0.15) is 66.5 Å². The molecular weight excluding hydrogens is 405 g/mol. The van der Waals surface area contributed by atoms with Gasteiger partial charge in [-0.25, -0.2) is 4.39 Å². The molecule has 1 aliphatic heterocycles. The number of aromatic nitrogens is 1. The molecule has 2 N–H and O–H groups in total. The van der Waals surface area contributed by atoms with Crippen molar-refractivity contribution in [3.63, 3.8) is 0 Å². The number of benzene rings is 2. The van der Waals surface area contributed by atoms with Crippen LogP contribution in [0.25, 0.3) is 10.9 Å². The number of ether oxygens (including phenoxy) is 1. The average Bonchev–Trinajstić information content (AvgIpc) is 2.67. The lowest BCUT2D eigenvalue weighted by Crippen LogP contribution is -2.35. The third-order valence-electron chi connectivity index (χ3n) is 5.61. The van der Waals surface area contributed by atoms with E-state index in [1.54, 1.807) is 24.3 Å². The minimum Gasteiger partial charge on any atom is -0.506 e. The van der Waals surface area contributed by atoms with Crippen LogP contribution in [0.4, 0.5) is 4.39 Å². The predicted octanol–water partition coefficient (Wildman–Crippen LogP) is 6.73. The Morgan fingerprint density at radius 3 is 2.34 bits per heavy atom. The van der Waals surface area contributed by atoms with Gasteiger partial charge in [0.15, 0.2) is 0 Å². The molecule has 1 aliphatic rings. The number of aryl methyl sites for hydroxylation is 1. The van der Waals surface area contributed by atoms with Crippen molar-refractivity contribution in [1.82, 2.24) is 4.98 Å². The molecule has 1 atom stereocenters. The van der Waals surface area contributed by atoms with Crippen molar-refractivity contribution in [3.8, 4) is 11.5 Å². The Kier molecular flexibility index (Phi) is 7.44. The molecule has 1 unspecified atom stereocenters. The fourth-order valence-electron chi connectivity index (χ4n) is 3.86. The minimum atomic E-state index is -0.200. The number of aromatic amines is 1. The molecular formula is C27H36FNO3. The summed E-state index contributed by atoms with van der Waals surface area (Å²) in [4.78, 5) is 13.9. The Labute approximate surface area is 190 Å². The van der Waals surface area contributed by atoms with Gasteiger partial charge in [-0.3, -0.25) is 4.79 Å². The number of halogens is 1. The van der Waals surface area contributed by atoms with Gasteiger partial charge >= 0.3 is 0 Å². The zero-order valence-corrected chi connectivity index (χ0v) is 19.2. The second-order valence-corrected chi connectivity index (χ2v) is 10.3. The third-order valence-corrected chi connectivity index (χ3v) is 5.61. The highest BCUT2D eigenvalue weighted by molar-refractivity contribution is 5.87. The number of pyridine rings is 1. The van der Waals surface area contributed by atoms with Crippen LogP contribution < -0.4 is 10.3 Å². The van der Waals surface area contributed by atoms with Crippen molar-refractivity contribution in [2.75, 3.05) is 0 Å². The maximum Gasteiger partial charge on any atom is 0.248 e. The van der Waals surface area contributed by atoms with Gasteiger partial charge in [-0.2, -0.15) is 0 Å². The van der Waals surface area contributed by atoms with Crippen molar-refractivity contribution in [1.29, 1.82) is 0 Å². The monoisotopic (exact) mass is 441 g/mol. The van der Waals surface area contributed by atoms with Gasteiger partial charge in [0.25, 0.3) is 0 Å². The summed E-state index contributed by atoms with van der Waals surface area (Å²) < 4.78 is 18.9. The fraction of sp³-hybridized carbons (Fsp3) is 0.444. The van der Waals surface area contributed by atoms with Gasteiger partial charge in [-0.1, -0.05) is 55.0 Å². The summed E-state index contributed by atoms with van der Waals surface area (Å²) in [7, 11) is 0. The van der Waals surface area contributed by atoms with E-state index in [2.05, 4.69) is 46.5 Å². The van der Waals surface area contributed by atoms with Crippen LogP contribution in [0, 0.1) is 11.2 Å². The topological polar surface area (TPSA) is 62.3 Å². The van der Waals surface area contributed by atoms with Crippen LogP contribution in [-0.4, -0.2) is 16.2 Å². The Balaban J connectivity index is 0.000000220. The van der Waals surface area contributed by atoms with E-state index >= 15 is 0 Å². The molecule has 2 heterocycles. The number of phenolic OH excluding ortho intramolecular Hbond substituents is 1. The largest absolute Gasteiger partial charge is 0.506 e. The van der Waals surface area contributed by atoms with Crippen LogP contribution in [-0.2, 0) is 11.8 Å². The Morgan fingerprint density at radius 1 is 1.03 bits per heavy atom. The van der Waals surface area contributed by atoms with Crippen LogP contribution in [0.3, 0.4) is 0 Å². The van der Waals surface area contributed by atoms with Gasteiger partial charge in [-0.05, 0) is 65.1 Å². The number of hydrogen-bond donors (Lipinski definition) is 2. The number of rotatable bonds is 0. The Bertz CT molecular complexity index is 1140. The highest BCUT2D eigenvalue weighted by Gasteiger charge is 2.30. The predicted molar refractivity (Wildman–Crippen MR) is 130 cm³/mol. The van der Waals surface area contributed by atoms with Gasteiger partial charge in [-0.15, -0.1) is 0 Å². The van der Waals surface area contributed by atoms with Gasteiger partial charge in [0.05, 0.1) is 5.52 Å². The first-order valence-electron chi connectivity index (χ1n) is 10.7. The zero-order valence-electron chi connectivity index (χ0n) is 19.2. The summed E-state index contributed by atoms with van der Waals surface area (Å²) >= 11 is 0. The van der Waals surface area contributed by atoms with Crippen molar-refractivity contribution in [3.05, 3.63) is 69.8 Å². The summed E-state index contributed by atoms with van der Waals surface area (Å²) in [6, 6.07) is 11.5. The molecule has 0 aliphatic carbocycles. The smallest absolute Gasteiger partial charge is 0.248 e. The van der Waals surface area contributed by atoms with Crippen molar-refractivity contribution in [2.24, 2.45) is 5.41 Å². The summed E-state index contributed by atoms with van der Waals surface area (Å²) in [6.45, 7) is 12.8. The van der Waals surface area contributed by atoms with Crippen LogP contribution in [0.15, 0.2) is 47.3 Å². The molecule has 32 heavy (non-hydrogen) atoms. The molecule has 3 aromatic rings. The van der Waals surface area contributed by atoms with E-state index in [4.69, 9.17) is 4.74 Å². The van der Waals surface area contributed by atoms with Gasteiger partial charge in [0.1, 0.15) is 23.4 Å². The number of phenols is 1. The molecule has 0 fully saturated rings. The summed E-state index contributed by atoms with van der Waals surface area (Å²) in [6.07, 6.45) is 2.12. The van der Waals surface area contributed by atoms with E-state index < -0.39 is 0 Å². The van der Waals surface area contributed by atoms with E-state index in [1.165, 1.54) is 12.1 Å². The molecule has 0 spiro atoms. The van der Waals surface area contributed by atoms with Crippen molar-refractivity contribution in [2.45, 2.75) is 73.3 Å². The summed E-state index contributed by atoms with van der Waals surface area (Å²) in [5, 5.41) is 10.6. The SMILES string of the molecule is C.CC(C)(C)C1CCc2cc(F)ccc2O1.CC(C)(C)c1ccc(O)c2[nH]c(=O)ccc12. The second-order valence-electron chi connectivity index (χ2n) is 10.3. The lowest BCUT2D eigenvalue weighted by molar-refractivity contribution is 0.0673. The normalized spacial score (nSPS) is 15.7. The van der Waals surface area contributed by atoms with E-state index in [9.17, 15) is 14.3 Å². The molecule has 0 saturated carbocycles. The minimum absolute atomic E-state index is 0. The van der Waals surface area contributed by atoms with Crippen molar-refractivity contribution < 1.29 is 14.2 Å². The second kappa shape index (κ2) is 9.35. The van der Waals surface area contributed by atoms with Crippen LogP contribution >= 0.6 is 0 Å². The standard InChI is InChI=1S/C13H17FO.C13H15NO2.CH4/c1-13(2,3)12-7-4-9-8-10(14)5-6-11(9)15-12;1-13(2,3)9-5-6-10(15)12-8(9)4-7-11(16)14-12;/h5-6,8,12H,4,7H2,1-3H3;4-7,15H,1-3H3,(H,14,16);1H4. The molecule has 2 aromatic carbocycles. The van der Waals surface area contributed by atoms with Crippen LogP contribution in [0.5, 0.6) is 11.5 Å². The number of aromatic hydroxyl groups is 1. The van der Waals surface area contributed by atoms with E-state index in [0.717, 1.165) is 35.1 Å². The maximum atomic E-state index is 13.0. The molecule has 0 saturated heterocycles. The van der Waals surface area contributed by atoms with Gasteiger partial charge < -0.3 is 14.8 Å². The third kappa shape index (κ3) is 5.70. The maximum absolute atomic E-state index is 13.0. The first kappa shape index (κ1) is 25.4. The average molecular weight is 442 g/mol. The zero-order chi connectivity index (χ0) is 23.0. The van der Waals surface area contributed by atoms with E-state index in [0.29, 0.717) is 5.52 Å². The summed E-state index contributed by atoms with van der Waals surface area (Å²) in [5.74, 6) is 0.787. The van der Waals surface area contributed by atoms with Crippen LogP contribution in [0.2, 0.25) is 0 Å². The Morgan fingerprint density at radius 2 is 1.72 bits per heavy atom. The summed E-state index contributed by atoms with van der Waals surface area (Å²) in [5.41, 5.74) is 2.54. The number of hydrogen-bond acceptors (Lipinski definition) is 3. The van der Waals surface area contributed by atoms with Crippen molar-refractivity contribution >= 4 is 10.9 Å². The molecule has 5 heteroatoms. The Hall–Kier alpha value is -2.82. The lowest BCUT2D eigenvalue weighted by atomic mass is 9.84. The number of fused-ring (bicyclic) bond motifs is 2. The molecule has 0 amide bonds. The molecule has 0 bridgehead atoms. The first-order chi connectivity index (χ1) is 14.4. The number of nitrogens with one attached hydrogen (secondary N) is 1. The van der Waals surface area contributed by atoms with Gasteiger partial charge in [0, 0.05) is 11.5 Å². The molecule has 4 rings (SSSR count). The fourth-order valence-corrected chi connectivity index (χ4v) is 3.86. The highest BCUT2D eigenvalue weighted by atomic mass is 19.1. The number of H-pyrrole nitrogens is 1. The molecule has 4 nitrogen and oxygen atoms in total. The van der Waals surface area contributed by atoms with E-state index in [-0.39, 0.29) is 41.5 Å². The van der Waals surface area contributed by atoms with Gasteiger partial charge in [0.2, 0.25) is 5.56 Å². The quantitative estimate of drug-likeness (QED) is 0.406.